The molecule has 8 heteroatoms. The van der Waals surface area contributed by atoms with Crippen LogP contribution in [0.3, 0.4) is 0 Å². The molecule has 31 heavy (non-hydrogen) atoms. The van der Waals surface area contributed by atoms with Crippen molar-refractivity contribution in [2.45, 2.75) is 13.3 Å². The summed E-state index contributed by atoms with van der Waals surface area (Å²) in [6, 6.07) is 16.8. The summed E-state index contributed by atoms with van der Waals surface area (Å²) in [7, 11) is 1.60. The highest BCUT2D eigenvalue weighted by atomic mass is 16.5. The van der Waals surface area contributed by atoms with Crippen LogP contribution in [0.1, 0.15) is 11.4 Å². The van der Waals surface area contributed by atoms with Crippen LogP contribution in [0.2, 0.25) is 0 Å². The Morgan fingerprint density at radius 1 is 1.06 bits per heavy atom. The highest BCUT2D eigenvalue weighted by Gasteiger charge is 2.09. The van der Waals surface area contributed by atoms with Crippen LogP contribution >= 0.6 is 0 Å². The SMILES string of the molecule is COc1ccccc1CC(=O)Nc1ccc(Nc2cc(-n3ccnc3)nc(C)n2)cc1. The number of rotatable bonds is 7. The molecule has 0 spiro atoms. The molecular formula is C23H22N6O2. The van der Waals surface area contributed by atoms with Crippen molar-refractivity contribution >= 4 is 23.1 Å². The molecule has 0 unspecified atom stereocenters. The van der Waals surface area contributed by atoms with E-state index in [0.29, 0.717) is 23.1 Å². The number of carbonyl (C=O) groups excluding carboxylic acids is 1. The highest BCUT2D eigenvalue weighted by Crippen LogP contribution is 2.21. The molecule has 0 aliphatic carbocycles. The van der Waals surface area contributed by atoms with Crippen LogP contribution in [0, 0.1) is 6.92 Å². The predicted molar refractivity (Wildman–Crippen MR) is 119 cm³/mol. The van der Waals surface area contributed by atoms with Gasteiger partial charge in [-0.25, -0.2) is 15.0 Å². The van der Waals surface area contributed by atoms with Crippen molar-refractivity contribution in [3.63, 3.8) is 0 Å². The van der Waals surface area contributed by atoms with Crippen LogP contribution in [0.4, 0.5) is 17.2 Å². The lowest BCUT2D eigenvalue weighted by molar-refractivity contribution is -0.115. The van der Waals surface area contributed by atoms with Gasteiger partial charge < -0.3 is 15.4 Å². The molecule has 2 aromatic heterocycles. The molecule has 1 amide bonds. The van der Waals surface area contributed by atoms with Gasteiger partial charge in [-0.1, -0.05) is 18.2 Å². The van der Waals surface area contributed by atoms with Gasteiger partial charge in [-0.15, -0.1) is 0 Å². The number of nitrogens with zero attached hydrogens (tertiary/aromatic N) is 4. The third-order valence-corrected chi connectivity index (χ3v) is 4.58. The molecular weight excluding hydrogens is 392 g/mol. The van der Waals surface area contributed by atoms with E-state index in [0.717, 1.165) is 17.1 Å². The van der Waals surface area contributed by atoms with Crippen molar-refractivity contribution in [2.24, 2.45) is 0 Å². The summed E-state index contributed by atoms with van der Waals surface area (Å²) in [5.74, 6) is 2.64. The second-order valence-corrected chi connectivity index (χ2v) is 6.87. The van der Waals surface area contributed by atoms with Crippen molar-refractivity contribution in [1.82, 2.24) is 19.5 Å². The van der Waals surface area contributed by atoms with E-state index in [2.05, 4.69) is 25.6 Å². The summed E-state index contributed by atoms with van der Waals surface area (Å²) in [4.78, 5) is 25.3. The summed E-state index contributed by atoms with van der Waals surface area (Å²) in [5, 5.41) is 6.18. The average molecular weight is 414 g/mol. The summed E-state index contributed by atoms with van der Waals surface area (Å²) in [6.07, 6.45) is 5.45. The van der Waals surface area contributed by atoms with Gasteiger partial charge in [0.1, 0.15) is 29.5 Å². The fraction of sp³-hybridized carbons (Fsp3) is 0.130. The number of hydrogen-bond donors (Lipinski definition) is 2. The number of imidazole rings is 1. The Morgan fingerprint density at radius 2 is 1.84 bits per heavy atom. The van der Waals surface area contributed by atoms with Crippen molar-refractivity contribution in [3.8, 4) is 11.6 Å². The third kappa shape index (κ3) is 5.05. The Balaban J connectivity index is 1.41. The van der Waals surface area contributed by atoms with Gasteiger partial charge in [-0.3, -0.25) is 9.36 Å². The maximum atomic E-state index is 12.4. The average Bonchev–Trinajstić information content (AvgIpc) is 3.30. The summed E-state index contributed by atoms with van der Waals surface area (Å²) >= 11 is 0. The number of carbonyl (C=O) groups is 1. The van der Waals surface area contributed by atoms with Crippen molar-refractivity contribution < 1.29 is 9.53 Å². The zero-order chi connectivity index (χ0) is 21.6. The number of benzene rings is 2. The predicted octanol–water partition coefficient (Wildman–Crippen LogP) is 3.90. The van der Waals surface area contributed by atoms with Gasteiger partial charge in [0.05, 0.1) is 13.5 Å². The molecule has 0 bridgehead atoms. The van der Waals surface area contributed by atoms with Gasteiger partial charge >= 0.3 is 0 Å². The standard InChI is InChI=1S/C23H22N6O2/c1-16-25-21(14-22(26-16)29-12-11-24-15-29)27-18-7-9-19(10-8-18)28-23(30)13-17-5-3-4-6-20(17)31-2/h3-12,14-15H,13H2,1-2H3,(H,28,30)(H,25,26,27). The van der Waals surface area contributed by atoms with E-state index in [1.165, 1.54) is 0 Å². The van der Waals surface area contributed by atoms with Gasteiger partial charge in [0.25, 0.3) is 0 Å². The topological polar surface area (TPSA) is 94.0 Å². The quantitative estimate of drug-likeness (QED) is 0.476. The van der Waals surface area contributed by atoms with Gasteiger partial charge in [-0.2, -0.15) is 0 Å². The van der Waals surface area contributed by atoms with E-state index in [9.17, 15) is 4.79 Å². The zero-order valence-electron chi connectivity index (χ0n) is 17.2. The summed E-state index contributed by atoms with van der Waals surface area (Å²) < 4.78 is 7.13. The molecule has 156 valence electrons. The normalized spacial score (nSPS) is 10.5. The molecule has 0 saturated heterocycles. The van der Waals surface area contributed by atoms with E-state index in [1.54, 1.807) is 19.6 Å². The zero-order valence-corrected chi connectivity index (χ0v) is 17.2. The molecule has 0 atom stereocenters. The maximum absolute atomic E-state index is 12.4. The number of nitrogens with one attached hydrogen (secondary N) is 2. The number of para-hydroxylation sites is 1. The summed E-state index contributed by atoms with van der Waals surface area (Å²) in [5.41, 5.74) is 2.40. The van der Waals surface area contributed by atoms with E-state index in [-0.39, 0.29) is 12.3 Å². The molecule has 2 aromatic carbocycles. The number of anilines is 3. The minimum atomic E-state index is -0.110. The minimum absolute atomic E-state index is 0.110. The second-order valence-electron chi connectivity index (χ2n) is 6.87. The molecule has 8 nitrogen and oxygen atoms in total. The van der Waals surface area contributed by atoms with E-state index < -0.39 is 0 Å². The Kier molecular flexibility index (Phi) is 5.89. The number of methoxy groups -OCH3 is 1. The fourth-order valence-electron chi connectivity index (χ4n) is 3.15. The molecule has 0 aliphatic rings. The molecule has 0 radical (unpaired) electrons. The van der Waals surface area contributed by atoms with Crippen LogP contribution in [-0.4, -0.2) is 32.5 Å². The van der Waals surface area contributed by atoms with Crippen molar-refractivity contribution in [1.29, 1.82) is 0 Å². The Bertz CT molecular complexity index is 1170. The van der Waals surface area contributed by atoms with Crippen LogP contribution in [0.25, 0.3) is 5.82 Å². The van der Waals surface area contributed by atoms with Gasteiger partial charge in [0.15, 0.2) is 0 Å². The van der Waals surface area contributed by atoms with Crippen LogP contribution in [0.5, 0.6) is 5.75 Å². The number of aryl methyl sites for hydroxylation is 1. The van der Waals surface area contributed by atoms with Crippen molar-refractivity contribution in [3.05, 3.63) is 84.7 Å². The first kappa shape index (κ1) is 20.1. The van der Waals surface area contributed by atoms with Crippen LogP contribution in [0.15, 0.2) is 73.3 Å². The Morgan fingerprint density at radius 3 is 2.58 bits per heavy atom. The number of aromatic nitrogens is 4. The smallest absolute Gasteiger partial charge is 0.228 e. The first-order chi connectivity index (χ1) is 15.1. The van der Waals surface area contributed by atoms with Gasteiger partial charge in [0, 0.05) is 35.4 Å². The van der Waals surface area contributed by atoms with Gasteiger partial charge in [-0.05, 0) is 37.3 Å². The first-order valence-corrected chi connectivity index (χ1v) is 9.73. The number of ether oxygens (including phenoxy) is 1. The van der Waals surface area contributed by atoms with Crippen molar-refractivity contribution in [2.75, 3.05) is 17.7 Å². The number of hydrogen-bond acceptors (Lipinski definition) is 6. The van der Waals surface area contributed by atoms with Crippen LogP contribution < -0.4 is 15.4 Å². The molecule has 0 fully saturated rings. The second kappa shape index (κ2) is 9.08. The van der Waals surface area contributed by atoms with Crippen LogP contribution in [-0.2, 0) is 11.2 Å². The molecule has 2 N–H and O–H groups in total. The molecule has 4 aromatic rings. The first-order valence-electron chi connectivity index (χ1n) is 9.73. The maximum Gasteiger partial charge on any atom is 0.228 e. The Hall–Kier alpha value is -4.20. The van der Waals surface area contributed by atoms with E-state index >= 15 is 0 Å². The largest absolute Gasteiger partial charge is 0.496 e. The summed E-state index contributed by atoms with van der Waals surface area (Å²) in [6.45, 7) is 1.84. The molecule has 4 rings (SSSR count). The lowest BCUT2D eigenvalue weighted by Crippen LogP contribution is -2.14. The molecule has 0 saturated carbocycles. The molecule has 0 aliphatic heterocycles. The minimum Gasteiger partial charge on any atom is -0.496 e. The third-order valence-electron chi connectivity index (χ3n) is 4.58. The van der Waals surface area contributed by atoms with E-state index in [4.69, 9.17) is 4.74 Å². The number of amides is 1. The fourth-order valence-corrected chi connectivity index (χ4v) is 3.15. The monoisotopic (exact) mass is 414 g/mol. The highest BCUT2D eigenvalue weighted by molar-refractivity contribution is 5.92. The molecule has 2 heterocycles. The lowest BCUT2D eigenvalue weighted by Gasteiger charge is -2.11. The Labute approximate surface area is 180 Å². The lowest BCUT2D eigenvalue weighted by atomic mass is 10.1. The van der Waals surface area contributed by atoms with E-state index in [1.807, 2.05) is 72.3 Å². The van der Waals surface area contributed by atoms with Gasteiger partial charge in [0.2, 0.25) is 5.91 Å².